The highest BCUT2D eigenvalue weighted by Gasteiger charge is 2.33. The second-order valence-corrected chi connectivity index (χ2v) is 7.85. The van der Waals surface area contributed by atoms with Gasteiger partial charge in [-0.05, 0) is 68.5 Å². The minimum Gasteiger partial charge on any atom is -0.341 e. The van der Waals surface area contributed by atoms with Crippen LogP contribution in [0.25, 0.3) is 0 Å². The Bertz CT molecular complexity index is 940. The van der Waals surface area contributed by atoms with Crippen LogP contribution in [0.15, 0.2) is 47.2 Å². The summed E-state index contributed by atoms with van der Waals surface area (Å²) in [5, 5.41) is 0. The molecular weight excluding hydrogens is 352 g/mol. The molecule has 1 unspecified atom stereocenters. The molecule has 0 saturated carbocycles. The van der Waals surface area contributed by atoms with E-state index in [0.29, 0.717) is 5.71 Å². The number of carbonyl (C=O) groups excluding carboxylic acids is 2. The van der Waals surface area contributed by atoms with Crippen molar-refractivity contribution in [2.45, 2.75) is 38.8 Å². The molecule has 1 fully saturated rings. The third kappa shape index (κ3) is 2.75. The number of hydrogen-bond donors (Lipinski definition) is 0. The average molecular weight is 376 g/mol. The van der Waals surface area contributed by atoms with E-state index >= 15 is 0 Å². The van der Waals surface area contributed by atoms with Crippen LogP contribution in [0, 0.1) is 0 Å². The fraction of sp³-hybridized carbons (Fsp3) is 0.409. The van der Waals surface area contributed by atoms with Crippen LogP contribution in [0.2, 0.25) is 0 Å². The fourth-order valence-electron chi connectivity index (χ4n) is 4.52. The Labute approximate surface area is 164 Å². The summed E-state index contributed by atoms with van der Waals surface area (Å²) in [6.07, 6.45) is 9.95. The summed E-state index contributed by atoms with van der Waals surface area (Å²) < 4.78 is 0. The topological polar surface area (TPSA) is 56.2 Å². The van der Waals surface area contributed by atoms with Crippen molar-refractivity contribution in [2.24, 2.45) is 4.99 Å². The van der Waals surface area contributed by atoms with Crippen molar-refractivity contribution in [3.05, 3.63) is 53.4 Å². The first-order valence-corrected chi connectivity index (χ1v) is 10.1. The lowest BCUT2D eigenvalue weighted by Gasteiger charge is -2.28. The Kier molecular flexibility index (Phi) is 4.07. The van der Waals surface area contributed by atoms with Crippen LogP contribution >= 0.6 is 0 Å². The van der Waals surface area contributed by atoms with Gasteiger partial charge >= 0.3 is 0 Å². The predicted octanol–water partition coefficient (Wildman–Crippen LogP) is 2.72. The van der Waals surface area contributed by atoms with Crippen molar-refractivity contribution in [1.29, 1.82) is 0 Å². The molecule has 4 aliphatic heterocycles. The molecule has 0 aromatic heterocycles. The van der Waals surface area contributed by atoms with Crippen molar-refractivity contribution in [2.75, 3.05) is 24.5 Å². The van der Waals surface area contributed by atoms with Gasteiger partial charge in [-0.3, -0.25) is 19.5 Å². The number of rotatable bonds is 2. The molecule has 1 aromatic rings. The number of piperidine rings is 1. The highest BCUT2D eigenvalue weighted by Crippen LogP contribution is 2.34. The van der Waals surface area contributed by atoms with Crippen LogP contribution in [0.3, 0.4) is 0 Å². The van der Waals surface area contributed by atoms with Gasteiger partial charge in [0.1, 0.15) is 6.17 Å². The van der Waals surface area contributed by atoms with Gasteiger partial charge in [0.2, 0.25) is 0 Å². The van der Waals surface area contributed by atoms with Crippen LogP contribution < -0.4 is 4.90 Å². The number of fused-ring (bicyclic) bond motifs is 2. The van der Waals surface area contributed by atoms with E-state index in [2.05, 4.69) is 22.0 Å². The maximum atomic E-state index is 12.8. The Hall–Kier alpha value is -2.89. The lowest BCUT2D eigenvalue weighted by atomic mass is 10.1. The number of allylic oxidation sites excluding steroid dienone is 1. The minimum atomic E-state index is -0.239. The van der Waals surface area contributed by atoms with Crippen molar-refractivity contribution >= 4 is 23.2 Å². The van der Waals surface area contributed by atoms with Crippen molar-refractivity contribution in [1.82, 2.24) is 9.80 Å². The second-order valence-electron chi connectivity index (χ2n) is 7.85. The summed E-state index contributed by atoms with van der Waals surface area (Å²) >= 11 is 0. The largest absolute Gasteiger partial charge is 0.341 e. The molecule has 0 N–H and O–H groups in total. The van der Waals surface area contributed by atoms with Gasteiger partial charge in [0.25, 0.3) is 11.8 Å². The van der Waals surface area contributed by atoms with Gasteiger partial charge in [0.05, 0.1) is 5.71 Å². The highest BCUT2D eigenvalue weighted by atomic mass is 16.2. The molecule has 2 amide bonds. The van der Waals surface area contributed by atoms with Crippen LogP contribution in [0.4, 0.5) is 5.69 Å². The molecule has 1 atom stereocenters. The Morgan fingerprint density at radius 3 is 2.79 bits per heavy atom. The van der Waals surface area contributed by atoms with Crippen molar-refractivity contribution in [3.8, 4) is 0 Å². The van der Waals surface area contributed by atoms with Crippen molar-refractivity contribution in [3.63, 3.8) is 0 Å². The summed E-state index contributed by atoms with van der Waals surface area (Å²) in [5.74, 6) is 0.127. The Morgan fingerprint density at radius 2 is 1.96 bits per heavy atom. The lowest BCUT2D eigenvalue weighted by Crippen LogP contribution is -2.35. The van der Waals surface area contributed by atoms with Gasteiger partial charge in [-0.1, -0.05) is 0 Å². The average Bonchev–Trinajstić information content (AvgIpc) is 3.28. The highest BCUT2D eigenvalue weighted by molar-refractivity contribution is 6.39. The zero-order valence-electron chi connectivity index (χ0n) is 16.1. The summed E-state index contributed by atoms with van der Waals surface area (Å²) in [7, 11) is 0. The van der Waals surface area contributed by atoms with E-state index in [0.717, 1.165) is 55.8 Å². The summed E-state index contributed by atoms with van der Waals surface area (Å²) in [5.41, 5.74) is 4.76. The Balaban J connectivity index is 1.38. The molecule has 6 heteroatoms. The zero-order valence-corrected chi connectivity index (χ0v) is 16.1. The zero-order chi connectivity index (χ0) is 19.3. The van der Waals surface area contributed by atoms with Crippen LogP contribution in [-0.2, 0) is 11.2 Å². The van der Waals surface area contributed by atoms with Gasteiger partial charge < -0.3 is 9.80 Å². The Morgan fingerprint density at radius 1 is 1.14 bits per heavy atom. The van der Waals surface area contributed by atoms with Gasteiger partial charge in [-0.2, -0.15) is 0 Å². The van der Waals surface area contributed by atoms with E-state index in [1.54, 1.807) is 11.8 Å². The molecule has 5 rings (SSSR count). The van der Waals surface area contributed by atoms with Crippen LogP contribution in [-0.4, -0.2) is 53.1 Å². The lowest BCUT2D eigenvalue weighted by molar-refractivity contribution is -0.121. The van der Waals surface area contributed by atoms with Gasteiger partial charge in [0.15, 0.2) is 0 Å². The van der Waals surface area contributed by atoms with Crippen LogP contribution in [0.1, 0.15) is 42.1 Å². The first-order valence-electron chi connectivity index (χ1n) is 10.1. The number of amides is 2. The molecule has 28 heavy (non-hydrogen) atoms. The molecule has 0 spiro atoms. The molecule has 4 aliphatic rings. The van der Waals surface area contributed by atoms with E-state index in [1.807, 2.05) is 29.3 Å². The van der Waals surface area contributed by atoms with Crippen LogP contribution in [0.5, 0.6) is 0 Å². The molecule has 4 heterocycles. The van der Waals surface area contributed by atoms with E-state index < -0.39 is 0 Å². The van der Waals surface area contributed by atoms with Gasteiger partial charge in [-0.15, -0.1) is 0 Å². The minimum absolute atomic E-state index is 0.0285. The normalized spacial score (nSPS) is 23.5. The molecule has 0 radical (unpaired) electrons. The molecule has 0 bridgehead atoms. The number of carbonyl (C=O) groups is 2. The number of aliphatic imine (C=N–C) groups is 1. The van der Waals surface area contributed by atoms with E-state index in [1.165, 1.54) is 12.0 Å². The molecule has 6 nitrogen and oxygen atoms in total. The monoisotopic (exact) mass is 376 g/mol. The molecule has 144 valence electrons. The van der Waals surface area contributed by atoms with E-state index in [9.17, 15) is 9.59 Å². The smallest absolute Gasteiger partial charge is 0.273 e. The first-order chi connectivity index (χ1) is 13.6. The number of nitrogens with zero attached hydrogens (tertiary/aromatic N) is 4. The second kappa shape index (κ2) is 6.62. The maximum absolute atomic E-state index is 12.8. The molecule has 0 aliphatic carbocycles. The summed E-state index contributed by atoms with van der Waals surface area (Å²) in [4.78, 5) is 35.2. The molecule has 1 aromatic carbocycles. The fourth-order valence-corrected chi connectivity index (χ4v) is 4.52. The number of anilines is 1. The van der Waals surface area contributed by atoms with E-state index in [4.69, 9.17) is 0 Å². The third-order valence-corrected chi connectivity index (χ3v) is 6.06. The molecule has 1 saturated heterocycles. The number of hydrogen-bond acceptors (Lipinski definition) is 4. The predicted molar refractivity (Wildman–Crippen MR) is 108 cm³/mol. The summed E-state index contributed by atoms with van der Waals surface area (Å²) in [6, 6.07) is 6.08. The van der Waals surface area contributed by atoms with E-state index in [-0.39, 0.29) is 18.0 Å². The summed E-state index contributed by atoms with van der Waals surface area (Å²) in [6.45, 7) is 4.37. The van der Waals surface area contributed by atoms with Gasteiger partial charge in [0, 0.05) is 42.8 Å². The number of benzene rings is 1. The SMILES string of the molecule is CC1=NC2C=C(N3CCc4cc(C(=O)N5CCCCC5)ccc43)C=CN2C1=O. The van der Waals surface area contributed by atoms with Gasteiger partial charge in [-0.25, -0.2) is 0 Å². The standard InChI is InChI=1S/C22H24N4O2/c1-15-21(27)26-12-8-18(14-20(26)23-15)25-11-7-16-13-17(5-6-19(16)25)22(28)24-9-3-2-4-10-24/h5-6,8,12-14,20H,2-4,7,9-11H2,1H3. The molecular formula is C22H24N4O2. The quantitative estimate of drug-likeness (QED) is 0.798. The number of likely N-dealkylation sites (tertiary alicyclic amines) is 1. The maximum Gasteiger partial charge on any atom is 0.273 e. The first kappa shape index (κ1) is 17.2. The van der Waals surface area contributed by atoms with Crippen molar-refractivity contribution < 1.29 is 9.59 Å². The third-order valence-electron chi connectivity index (χ3n) is 6.06.